The molecule has 0 spiro atoms. The minimum absolute atomic E-state index is 0.0218. The molecule has 1 heterocycles. The maximum absolute atomic E-state index is 12.8. The van der Waals surface area contributed by atoms with Crippen molar-refractivity contribution in [3.63, 3.8) is 0 Å². The van der Waals surface area contributed by atoms with E-state index in [9.17, 15) is 9.59 Å². The Hall–Kier alpha value is -2.17. The lowest BCUT2D eigenvalue weighted by Crippen LogP contribution is -2.39. The standard InChI is InChI=1S/C19H25N3O2/c1-4-16(21(5-2)18(23)13-11-12-13)17-20-15-10-8-7-9-14(15)19(24)22(17)6-3/h7-10,13,16H,4-6,11-12H2,1-3H3. The average molecular weight is 327 g/mol. The summed E-state index contributed by atoms with van der Waals surface area (Å²) in [7, 11) is 0. The fourth-order valence-corrected chi connectivity index (χ4v) is 3.38. The van der Waals surface area contributed by atoms with E-state index in [4.69, 9.17) is 4.98 Å². The number of fused-ring (bicyclic) bond motifs is 1. The molecule has 1 aliphatic rings. The number of nitrogens with zero attached hydrogens (tertiary/aromatic N) is 3. The minimum Gasteiger partial charge on any atom is -0.333 e. The molecule has 0 bridgehead atoms. The summed E-state index contributed by atoms with van der Waals surface area (Å²) >= 11 is 0. The molecular weight excluding hydrogens is 302 g/mol. The lowest BCUT2D eigenvalue weighted by atomic mass is 10.1. The van der Waals surface area contributed by atoms with Gasteiger partial charge >= 0.3 is 0 Å². The summed E-state index contributed by atoms with van der Waals surface area (Å²) in [4.78, 5) is 32.2. The summed E-state index contributed by atoms with van der Waals surface area (Å²) < 4.78 is 1.72. The van der Waals surface area contributed by atoms with Crippen LogP contribution in [-0.4, -0.2) is 26.9 Å². The van der Waals surface area contributed by atoms with Gasteiger partial charge in [0.15, 0.2) is 0 Å². The first-order chi connectivity index (χ1) is 11.6. The lowest BCUT2D eigenvalue weighted by molar-refractivity contribution is -0.135. The van der Waals surface area contributed by atoms with E-state index in [2.05, 4.69) is 6.92 Å². The Labute approximate surface area is 142 Å². The summed E-state index contributed by atoms with van der Waals surface area (Å²) in [5, 5.41) is 0.634. The van der Waals surface area contributed by atoms with Crippen molar-refractivity contribution in [2.45, 2.75) is 52.6 Å². The van der Waals surface area contributed by atoms with E-state index < -0.39 is 0 Å². The average Bonchev–Trinajstić information content (AvgIpc) is 3.44. The number of carbonyl (C=O) groups excluding carboxylic acids is 1. The number of amides is 1. The summed E-state index contributed by atoms with van der Waals surface area (Å²) in [5.41, 5.74) is 0.682. The second-order valence-electron chi connectivity index (χ2n) is 6.36. The quantitative estimate of drug-likeness (QED) is 0.819. The van der Waals surface area contributed by atoms with Crippen LogP contribution < -0.4 is 5.56 Å². The molecule has 5 nitrogen and oxygen atoms in total. The van der Waals surface area contributed by atoms with Crippen LogP contribution in [0.1, 0.15) is 51.9 Å². The maximum atomic E-state index is 12.8. The highest BCUT2D eigenvalue weighted by atomic mass is 16.2. The molecule has 5 heteroatoms. The highest BCUT2D eigenvalue weighted by Gasteiger charge is 2.36. The van der Waals surface area contributed by atoms with Crippen LogP contribution in [-0.2, 0) is 11.3 Å². The van der Waals surface area contributed by atoms with Gasteiger partial charge in [0.2, 0.25) is 5.91 Å². The molecule has 1 aromatic carbocycles. The van der Waals surface area contributed by atoms with E-state index in [1.807, 2.05) is 43.0 Å². The van der Waals surface area contributed by atoms with Crippen molar-refractivity contribution < 1.29 is 4.79 Å². The van der Waals surface area contributed by atoms with Crippen LogP contribution in [0.2, 0.25) is 0 Å². The number of rotatable bonds is 6. The van der Waals surface area contributed by atoms with Crippen LogP contribution in [0, 0.1) is 5.92 Å². The molecule has 1 aromatic heterocycles. The molecule has 0 saturated heterocycles. The third-order valence-corrected chi connectivity index (χ3v) is 4.82. The smallest absolute Gasteiger partial charge is 0.261 e. The van der Waals surface area contributed by atoms with Crippen LogP contribution in [0.3, 0.4) is 0 Å². The van der Waals surface area contributed by atoms with Gasteiger partial charge in [0, 0.05) is 19.0 Å². The van der Waals surface area contributed by atoms with E-state index >= 15 is 0 Å². The van der Waals surface area contributed by atoms with Crippen molar-refractivity contribution in [1.29, 1.82) is 0 Å². The van der Waals surface area contributed by atoms with Gasteiger partial charge in [-0.25, -0.2) is 4.98 Å². The second kappa shape index (κ2) is 6.75. The fourth-order valence-electron chi connectivity index (χ4n) is 3.38. The number of para-hydroxylation sites is 1. The monoisotopic (exact) mass is 327 g/mol. The topological polar surface area (TPSA) is 55.2 Å². The number of carbonyl (C=O) groups is 1. The van der Waals surface area contributed by atoms with Gasteiger partial charge in [0.25, 0.3) is 5.56 Å². The number of aromatic nitrogens is 2. The maximum Gasteiger partial charge on any atom is 0.261 e. The van der Waals surface area contributed by atoms with E-state index in [1.54, 1.807) is 4.57 Å². The van der Waals surface area contributed by atoms with Crippen molar-refractivity contribution in [3.05, 3.63) is 40.4 Å². The Kier molecular flexibility index (Phi) is 4.69. The van der Waals surface area contributed by atoms with Crippen molar-refractivity contribution in [3.8, 4) is 0 Å². The first kappa shape index (κ1) is 16.7. The van der Waals surface area contributed by atoms with Crippen LogP contribution in [0.15, 0.2) is 29.1 Å². The Bertz CT molecular complexity index is 808. The second-order valence-corrected chi connectivity index (χ2v) is 6.36. The zero-order valence-electron chi connectivity index (χ0n) is 14.7. The largest absolute Gasteiger partial charge is 0.333 e. The summed E-state index contributed by atoms with van der Waals surface area (Å²) in [5.74, 6) is 1.08. The highest BCUT2D eigenvalue weighted by molar-refractivity contribution is 5.81. The molecule has 3 rings (SSSR count). The molecule has 1 unspecified atom stereocenters. The molecule has 1 fully saturated rings. The van der Waals surface area contributed by atoms with E-state index in [0.29, 0.717) is 29.8 Å². The van der Waals surface area contributed by atoms with E-state index in [1.165, 1.54) is 0 Å². The van der Waals surface area contributed by atoms with Gasteiger partial charge in [-0.15, -0.1) is 0 Å². The molecule has 1 saturated carbocycles. The van der Waals surface area contributed by atoms with Gasteiger partial charge in [0.1, 0.15) is 5.82 Å². The first-order valence-electron chi connectivity index (χ1n) is 8.92. The van der Waals surface area contributed by atoms with Gasteiger partial charge in [-0.1, -0.05) is 19.1 Å². The van der Waals surface area contributed by atoms with Crippen LogP contribution >= 0.6 is 0 Å². The van der Waals surface area contributed by atoms with Gasteiger partial charge < -0.3 is 4.90 Å². The Morgan fingerprint density at radius 1 is 1.29 bits per heavy atom. The van der Waals surface area contributed by atoms with Gasteiger partial charge in [0.05, 0.1) is 16.9 Å². The van der Waals surface area contributed by atoms with E-state index in [-0.39, 0.29) is 23.4 Å². The molecule has 0 aliphatic heterocycles. The minimum atomic E-state index is -0.152. The van der Waals surface area contributed by atoms with Gasteiger partial charge in [-0.05, 0) is 45.2 Å². The van der Waals surface area contributed by atoms with Crippen LogP contribution in [0.4, 0.5) is 0 Å². The zero-order valence-corrected chi connectivity index (χ0v) is 14.7. The van der Waals surface area contributed by atoms with Crippen LogP contribution in [0.5, 0.6) is 0 Å². The molecule has 128 valence electrons. The van der Waals surface area contributed by atoms with Crippen molar-refractivity contribution >= 4 is 16.8 Å². The molecule has 1 aliphatic carbocycles. The van der Waals surface area contributed by atoms with E-state index in [0.717, 1.165) is 19.3 Å². The molecule has 0 N–H and O–H groups in total. The summed E-state index contributed by atoms with van der Waals surface area (Å²) in [6.45, 7) is 7.19. The third kappa shape index (κ3) is 2.83. The predicted octanol–water partition coefficient (Wildman–Crippen LogP) is 3.13. The molecule has 1 amide bonds. The number of hydrogen-bond donors (Lipinski definition) is 0. The number of hydrogen-bond acceptors (Lipinski definition) is 3. The summed E-state index contributed by atoms with van der Waals surface area (Å²) in [6.07, 6.45) is 2.71. The predicted molar refractivity (Wildman–Crippen MR) is 94.8 cm³/mol. The Balaban J connectivity index is 2.14. The SMILES string of the molecule is CCC(c1nc2ccccc2c(=O)n1CC)N(CC)C(=O)C1CC1. The zero-order chi connectivity index (χ0) is 17.3. The van der Waals surface area contributed by atoms with Crippen molar-refractivity contribution in [1.82, 2.24) is 14.5 Å². The fraction of sp³-hybridized carbons (Fsp3) is 0.526. The van der Waals surface area contributed by atoms with Gasteiger partial charge in [-0.3, -0.25) is 14.2 Å². The van der Waals surface area contributed by atoms with Gasteiger partial charge in [-0.2, -0.15) is 0 Å². The summed E-state index contributed by atoms with van der Waals surface area (Å²) in [6, 6.07) is 7.28. The number of benzene rings is 1. The third-order valence-electron chi connectivity index (χ3n) is 4.82. The lowest BCUT2D eigenvalue weighted by Gasteiger charge is -2.31. The Morgan fingerprint density at radius 2 is 2.00 bits per heavy atom. The molecule has 2 aromatic rings. The normalized spacial score (nSPS) is 15.5. The van der Waals surface area contributed by atoms with Crippen molar-refractivity contribution in [2.75, 3.05) is 6.54 Å². The molecular formula is C19H25N3O2. The first-order valence-corrected chi connectivity index (χ1v) is 8.92. The van der Waals surface area contributed by atoms with Crippen LogP contribution in [0.25, 0.3) is 10.9 Å². The van der Waals surface area contributed by atoms with Crippen molar-refractivity contribution in [2.24, 2.45) is 5.92 Å². The molecule has 24 heavy (non-hydrogen) atoms. The molecule has 1 atom stereocenters. The highest BCUT2D eigenvalue weighted by Crippen LogP contribution is 2.34. The molecule has 0 radical (unpaired) electrons. The Morgan fingerprint density at radius 3 is 2.58 bits per heavy atom.